The van der Waals surface area contributed by atoms with Crippen molar-refractivity contribution >= 4 is 11.9 Å². The Morgan fingerprint density at radius 3 is 2.53 bits per heavy atom. The average Bonchev–Trinajstić information content (AvgIpc) is 2.17. The van der Waals surface area contributed by atoms with Crippen LogP contribution < -0.4 is 11.1 Å². The SMILES string of the molecule is CCC(N)CC(=O)NCCC(C)C(=O)O. The standard InChI is InChI=1S/C10H20N2O3/c1-3-8(11)6-9(13)12-5-4-7(2)10(14)15/h7-8H,3-6,11H2,1-2H3,(H,12,13)(H,14,15). The fraction of sp³-hybridized carbons (Fsp3) is 0.800. The topological polar surface area (TPSA) is 92.4 Å². The van der Waals surface area contributed by atoms with Gasteiger partial charge in [-0.1, -0.05) is 13.8 Å². The maximum Gasteiger partial charge on any atom is 0.306 e. The predicted octanol–water partition coefficient (Wildman–Crippen LogP) is 0.341. The highest BCUT2D eigenvalue weighted by Gasteiger charge is 2.11. The van der Waals surface area contributed by atoms with Crippen molar-refractivity contribution in [3.63, 3.8) is 0 Å². The number of nitrogens with one attached hydrogen (secondary N) is 1. The molecule has 15 heavy (non-hydrogen) atoms. The molecule has 0 aromatic heterocycles. The zero-order chi connectivity index (χ0) is 11.8. The minimum atomic E-state index is -0.838. The highest BCUT2D eigenvalue weighted by Crippen LogP contribution is 2.00. The number of carbonyl (C=O) groups excluding carboxylic acids is 1. The molecule has 0 aliphatic carbocycles. The maximum absolute atomic E-state index is 11.2. The molecule has 0 bridgehead atoms. The Hall–Kier alpha value is -1.10. The van der Waals surface area contributed by atoms with Crippen LogP contribution in [0.5, 0.6) is 0 Å². The normalized spacial score (nSPS) is 14.3. The van der Waals surface area contributed by atoms with Crippen LogP contribution in [0.2, 0.25) is 0 Å². The van der Waals surface area contributed by atoms with Crippen LogP contribution in [-0.4, -0.2) is 29.6 Å². The lowest BCUT2D eigenvalue weighted by Gasteiger charge is -2.10. The summed E-state index contributed by atoms with van der Waals surface area (Å²) in [4.78, 5) is 21.7. The Morgan fingerprint density at radius 2 is 2.07 bits per heavy atom. The molecule has 2 unspecified atom stereocenters. The smallest absolute Gasteiger partial charge is 0.306 e. The number of carboxylic acids is 1. The Morgan fingerprint density at radius 1 is 1.47 bits per heavy atom. The van der Waals surface area contributed by atoms with Gasteiger partial charge in [-0.05, 0) is 12.8 Å². The van der Waals surface area contributed by atoms with Crippen molar-refractivity contribution in [2.24, 2.45) is 11.7 Å². The molecule has 4 N–H and O–H groups in total. The first-order chi connectivity index (χ1) is 6.97. The van der Waals surface area contributed by atoms with Crippen molar-refractivity contribution in [3.8, 4) is 0 Å². The molecule has 0 heterocycles. The van der Waals surface area contributed by atoms with E-state index in [-0.39, 0.29) is 11.9 Å². The van der Waals surface area contributed by atoms with Gasteiger partial charge in [-0.2, -0.15) is 0 Å². The quantitative estimate of drug-likeness (QED) is 0.572. The molecule has 2 atom stereocenters. The molecule has 5 heteroatoms. The first-order valence-corrected chi connectivity index (χ1v) is 5.22. The lowest BCUT2D eigenvalue weighted by Crippen LogP contribution is -2.32. The van der Waals surface area contributed by atoms with Gasteiger partial charge in [-0.15, -0.1) is 0 Å². The highest BCUT2D eigenvalue weighted by atomic mass is 16.4. The number of nitrogens with two attached hydrogens (primary N) is 1. The third kappa shape index (κ3) is 6.90. The third-order valence-electron chi connectivity index (χ3n) is 2.29. The van der Waals surface area contributed by atoms with Gasteiger partial charge in [0, 0.05) is 19.0 Å². The van der Waals surface area contributed by atoms with E-state index in [0.717, 1.165) is 6.42 Å². The molecule has 0 spiro atoms. The fourth-order valence-corrected chi connectivity index (χ4v) is 1.01. The largest absolute Gasteiger partial charge is 0.481 e. The summed E-state index contributed by atoms with van der Waals surface area (Å²) in [6.45, 7) is 3.93. The van der Waals surface area contributed by atoms with Crippen molar-refractivity contribution < 1.29 is 14.7 Å². The van der Waals surface area contributed by atoms with Gasteiger partial charge < -0.3 is 16.2 Å². The molecule has 0 aliphatic heterocycles. The number of amides is 1. The molecule has 0 saturated heterocycles. The van der Waals surface area contributed by atoms with E-state index in [9.17, 15) is 9.59 Å². The van der Waals surface area contributed by atoms with E-state index in [1.54, 1.807) is 6.92 Å². The van der Waals surface area contributed by atoms with E-state index in [0.29, 0.717) is 19.4 Å². The average molecular weight is 216 g/mol. The fourth-order valence-electron chi connectivity index (χ4n) is 1.01. The van der Waals surface area contributed by atoms with Crippen molar-refractivity contribution in [1.29, 1.82) is 0 Å². The van der Waals surface area contributed by atoms with Crippen LogP contribution in [0.4, 0.5) is 0 Å². The van der Waals surface area contributed by atoms with Crippen LogP contribution in [0.3, 0.4) is 0 Å². The molecular formula is C10H20N2O3. The van der Waals surface area contributed by atoms with E-state index in [1.165, 1.54) is 0 Å². The van der Waals surface area contributed by atoms with Gasteiger partial charge in [0.1, 0.15) is 0 Å². The van der Waals surface area contributed by atoms with Gasteiger partial charge in [0.15, 0.2) is 0 Å². The number of carboxylic acid groups (broad SMARTS) is 1. The molecule has 0 aromatic carbocycles. The Kier molecular flexibility index (Phi) is 6.70. The van der Waals surface area contributed by atoms with Gasteiger partial charge in [-0.3, -0.25) is 9.59 Å². The summed E-state index contributed by atoms with van der Waals surface area (Å²) in [7, 11) is 0. The second-order valence-electron chi connectivity index (χ2n) is 3.75. The molecule has 0 aliphatic rings. The monoisotopic (exact) mass is 216 g/mol. The number of aliphatic carboxylic acids is 1. The maximum atomic E-state index is 11.2. The van der Waals surface area contributed by atoms with Gasteiger partial charge in [0.05, 0.1) is 5.92 Å². The lowest BCUT2D eigenvalue weighted by atomic mass is 10.1. The number of hydrogen-bond acceptors (Lipinski definition) is 3. The Labute approximate surface area is 90.0 Å². The molecule has 0 radical (unpaired) electrons. The van der Waals surface area contributed by atoms with Gasteiger partial charge in [0.2, 0.25) is 5.91 Å². The first kappa shape index (κ1) is 13.9. The number of hydrogen-bond donors (Lipinski definition) is 3. The molecule has 88 valence electrons. The molecule has 0 aromatic rings. The molecule has 5 nitrogen and oxygen atoms in total. The lowest BCUT2D eigenvalue weighted by molar-refractivity contribution is -0.141. The van der Waals surface area contributed by atoms with E-state index in [2.05, 4.69) is 5.32 Å². The Bertz CT molecular complexity index is 219. The summed E-state index contributed by atoms with van der Waals surface area (Å²) >= 11 is 0. The summed E-state index contributed by atoms with van der Waals surface area (Å²) in [6.07, 6.45) is 1.51. The van der Waals surface area contributed by atoms with E-state index < -0.39 is 11.9 Å². The van der Waals surface area contributed by atoms with Crippen molar-refractivity contribution in [1.82, 2.24) is 5.32 Å². The number of rotatable bonds is 7. The third-order valence-corrected chi connectivity index (χ3v) is 2.29. The predicted molar refractivity (Wildman–Crippen MR) is 57.3 cm³/mol. The zero-order valence-electron chi connectivity index (χ0n) is 9.32. The first-order valence-electron chi connectivity index (χ1n) is 5.22. The van der Waals surface area contributed by atoms with Crippen LogP contribution in [-0.2, 0) is 9.59 Å². The van der Waals surface area contributed by atoms with Crippen molar-refractivity contribution in [2.45, 2.75) is 39.2 Å². The van der Waals surface area contributed by atoms with Gasteiger partial charge >= 0.3 is 5.97 Å². The summed E-state index contributed by atoms with van der Waals surface area (Å²) in [5.74, 6) is -1.37. The van der Waals surface area contributed by atoms with E-state index >= 15 is 0 Å². The van der Waals surface area contributed by atoms with Gasteiger partial charge in [-0.25, -0.2) is 0 Å². The molecule has 0 fully saturated rings. The Balaban J connectivity index is 3.59. The van der Waals surface area contributed by atoms with Crippen LogP contribution >= 0.6 is 0 Å². The minimum absolute atomic E-state index is 0.109. The zero-order valence-corrected chi connectivity index (χ0v) is 9.32. The van der Waals surface area contributed by atoms with Crippen LogP contribution in [0.25, 0.3) is 0 Å². The molecule has 0 saturated carbocycles. The molecule has 1 amide bonds. The van der Waals surface area contributed by atoms with Crippen LogP contribution in [0.1, 0.15) is 33.1 Å². The summed E-state index contributed by atoms with van der Waals surface area (Å²) in [5.41, 5.74) is 5.60. The van der Waals surface area contributed by atoms with Crippen LogP contribution in [0, 0.1) is 5.92 Å². The molecular weight excluding hydrogens is 196 g/mol. The second kappa shape index (κ2) is 7.23. The van der Waals surface area contributed by atoms with Crippen molar-refractivity contribution in [2.75, 3.05) is 6.54 Å². The summed E-state index contributed by atoms with van der Waals surface area (Å²) < 4.78 is 0. The minimum Gasteiger partial charge on any atom is -0.481 e. The highest BCUT2D eigenvalue weighted by molar-refractivity contribution is 5.76. The van der Waals surface area contributed by atoms with E-state index in [4.69, 9.17) is 10.8 Å². The van der Waals surface area contributed by atoms with Crippen LogP contribution in [0.15, 0.2) is 0 Å². The van der Waals surface area contributed by atoms with E-state index in [1.807, 2.05) is 6.92 Å². The summed E-state index contributed by atoms with van der Waals surface area (Å²) in [5, 5.41) is 11.2. The summed E-state index contributed by atoms with van der Waals surface area (Å²) in [6, 6.07) is -0.109. The van der Waals surface area contributed by atoms with Gasteiger partial charge in [0.25, 0.3) is 0 Å². The second-order valence-corrected chi connectivity index (χ2v) is 3.75. The molecule has 0 rings (SSSR count). The van der Waals surface area contributed by atoms with Crippen molar-refractivity contribution in [3.05, 3.63) is 0 Å². The number of carbonyl (C=O) groups is 2.